The van der Waals surface area contributed by atoms with Crippen molar-refractivity contribution in [1.82, 2.24) is 5.32 Å². The SMILES string of the molecule is CC(C)C1CCCCC12CN=C(N)N2. The van der Waals surface area contributed by atoms with E-state index in [4.69, 9.17) is 5.73 Å². The van der Waals surface area contributed by atoms with Crippen LogP contribution in [0.2, 0.25) is 0 Å². The highest BCUT2D eigenvalue weighted by Crippen LogP contribution is 2.39. The van der Waals surface area contributed by atoms with Gasteiger partial charge < -0.3 is 11.1 Å². The average molecular weight is 195 g/mol. The highest BCUT2D eigenvalue weighted by atomic mass is 15.2. The van der Waals surface area contributed by atoms with Crippen LogP contribution >= 0.6 is 0 Å². The van der Waals surface area contributed by atoms with E-state index in [1.165, 1.54) is 25.7 Å². The van der Waals surface area contributed by atoms with Crippen LogP contribution in [0.15, 0.2) is 4.99 Å². The first-order valence-electron chi connectivity index (χ1n) is 5.72. The summed E-state index contributed by atoms with van der Waals surface area (Å²) in [4.78, 5) is 4.33. The maximum absolute atomic E-state index is 5.74. The molecule has 1 aliphatic carbocycles. The second-order valence-corrected chi connectivity index (χ2v) is 5.08. The van der Waals surface area contributed by atoms with E-state index in [0.29, 0.717) is 5.96 Å². The molecule has 1 aliphatic heterocycles. The standard InChI is InChI=1S/C11H21N3/c1-8(2)9-5-3-4-6-11(9)7-13-10(12)14-11/h8-9H,3-7H2,1-2H3,(H3,12,13,14). The van der Waals surface area contributed by atoms with Crippen LogP contribution < -0.4 is 11.1 Å². The van der Waals surface area contributed by atoms with Gasteiger partial charge in [-0.15, -0.1) is 0 Å². The molecule has 1 saturated carbocycles. The van der Waals surface area contributed by atoms with E-state index < -0.39 is 0 Å². The Hall–Kier alpha value is -0.730. The fourth-order valence-electron chi connectivity index (χ4n) is 3.15. The number of nitrogens with one attached hydrogen (secondary N) is 1. The second kappa shape index (κ2) is 3.44. The van der Waals surface area contributed by atoms with Crippen molar-refractivity contribution >= 4 is 5.96 Å². The van der Waals surface area contributed by atoms with E-state index in [9.17, 15) is 0 Å². The predicted octanol–water partition coefficient (Wildman–Crippen LogP) is 1.49. The number of hydrogen-bond donors (Lipinski definition) is 2. The number of nitrogens with two attached hydrogens (primary N) is 1. The summed E-state index contributed by atoms with van der Waals surface area (Å²) in [5.74, 6) is 2.11. The van der Waals surface area contributed by atoms with E-state index in [0.717, 1.165) is 18.4 Å². The minimum atomic E-state index is 0.205. The summed E-state index contributed by atoms with van der Waals surface area (Å²) in [5, 5.41) is 3.43. The molecule has 14 heavy (non-hydrogen) atoms. The van der Waals surface area contributed by atoms with Gasteiger partial charge in [-0.3, -0.25) is 4.99 Å². The highest BCUT2D eigenvalue weighted by Gasteiger charge is 2.44. The van der Waals surface area contributed by atoms with E-state index in [1.807, 2.05) is 0 Å². The Labute approximate surface area is 86.2 Å². The summed E-state index contributed by atoms with van der Waals surface area (Å²) in [6, 6.07) is 0. The summed E-state index contributed by atoms with van der Waals surface area (Å²) < 4.78 is 0. The Morgan fingerprint density at radius 3 is 2.86 bits per heavy atom. The highest BCUT2D eigenvalue weighted by molar-refractivity contribution is 5.80. The summed E-state index contributed by atoms with van der Waals surface area (Å²) in [5.41, 5.74) is 5.95. The van der Waals surface area contributed by atoms with E-state index in [-0.39, 0.29) is 5.54 Å². The monoisotopic (exact) mass is 195 g/mol. The topological polar surface area (TPSA) is 50.4 Å². The van der Waals surface area contributed by atoms with Crippen LogP contribution in [0.4, 0.5) is 0 Å². The molecule has 2 rings (SSSR count). The lowest BCUT2D eigenvalue weighted by Gasteiger charge is -2.43. The van der Waals surface area contributed by atoms with Gasteiger partial charge in [0.15, 0.2) is 5.96 Å². The van der Waals surface area contributed by atoms with Crippen LogP contribution in [0.3, 0.4) is 0 Å². The zero-order chi connectivity index (χ0) is 10.2. The van der Waals surface area contributed by atoms with E-state index >= 15 is 0 Å². The zero-order valence-electron chi connectivity index (χ0n) is 9.21. The van der Waals surface area contributed by atoms with Crippen LogP contribution in [-0.4, -0.2) is 18.0 Å². The number of rotatable bonds is 1. The van der Waals surface area contributed by atoms with Gasteiger partial charge in [-0.2, -0.15) is 0 Å². The molecule has 3 nitrogen and oxygen atoms in total. The Morgan fingerprint density at radius 1 is 1.50 bits per heavy atom. The Kier molecular flexibility index (Phi) is 2.41. The molecule has 0 saturated heterocycles. The molecule has 2 atom stereocenters. The maximum Gasteiger partial charge on any atom is 0.189 e. The van der Waals surface area contributed by atoms with Gasteiger partial charge in [0.2, 0.25) is 0 Å². The molecule has 0 bridgehead atoms. The van der Waals surface area contributed by atoms with Crippen molar-refractivity contribution < 1.29 is 0 Å². The third kappa shape index (κ3) is 1.49. The quantitative estimate of drug-likeness (QED) is 0.666. The molecule has 0 amide bonds. The molecule has 0 aromatic carbocycles. The minimum absolute atomic E-state index is 0.205. The molecule has 2 aliphatic rings. The van der Waals surface area contributed by atoms with Crippen LogP contribution in [0.25, 0.3) is 0 Å². The van der Waals surface area contributed by atoms with Crippen molar-refractivity contribution in [3.8, 4) is 0 Å². The molecular formula is C11H21N3. The summed E-state index contributed by atoms with van der Waals surface area (Å²) in [6.45, 7) is 5.52. The van der Waals surface area contributed by atoms with Gasteiger partial charge in [0.05, 0.1) is 12.1 Å². The molecule has 1 fully saturated rings. The molecule has 0 radical (unpaired) electrons. The normalized spacial score (nSPS) is 37.4. The van der Waals surface area contributed by atoms with Crippen molar-refractivity contribution in [2.24, 2.45) is 22.6 Å². The van der Waals surface area contributed by atoms with Gasteiger partial charge in [0.25, 0.3) is 0 Å². The maximum atomic E-state index is 5.74. The van der Waals surface area contributed by atoms with Crippen LogP contribution in [0.1, 0.15) is 39.5 Å². The second-order valence-electron chi connectivity index (χ2n) is 5.08. The van der Waals surface area contributed by atoms with Gasteiger partial charge in [0.1, 0.15) is 0 Å². The van der Waals surface area contributed by atoms with Gasteiger partial charge in [-0.05, 0) is 24.7 Å². The van der Waals surface area contributed by atoms with Crippen molar-refractivity contribution in [2.45, 2.75) is 45.1 Å². The van der Waals surface area contributed by atoms with Gasteiger partial charge >= 0.3 is 0 Å². The lowest BCUT2D eigenvalue weighted by Crippen LogP contribution is -2.56. The third-order valence-electron chi connectivity index (χ3n) is 3.81. The van der Waals surface area contributed by atoms with Crippen LogP contribution in [0, 0.1) is 11.8 Å². The van der Waals surface area contributed by atoms with Crippen molar-refractivity contribution in [3.63, 3.8) is 0 Å². The van der Waals surface area contributed by atoms with Gasteiger partial charge in [0, 0.05) is 0 Å². The number of aliphatic imine (C=N–C) groups is 1. The van der Waals surface area contributed by atoms with Crippen molar-refractivity contribution in [1.29, 1.82) is 0 Å². The van der Waals surface area contributed by atoms with Gasteiger partial charge in [-0.25, -0.2) is 0 Å². The van der Waals surface area contributed by atoms with Gasteiger partial charge in [-0.1, -0.05) is 26.7 Å². The summed E-state index contributed by atoms with van der Waals surface area (Å²) in [7, 11) is 0. The van der Waals surface area contributed by atoms with E-state index in [1.54, 1.807) is 0 Å². The summed E-state index contributed by atoms with van der Waals surface area (Å²) in [6.07, 6.45) is 5.25. The summed E-state index contributed by atoms with van der Waals surface area (Å²) >= 11 is 0. The molecular weight excluding hydrogens is 174 g/mol. The molecule has 1 heterocycles. The third-order valence-corrected chi connectivity index (χ3v) is 3.81. The number of nitrogens with zero attached hydrogens (tertiary/aromatic N) is 1. The predicted molar refractivity (Wildman–Crippen MR) is 59.2 cm³/mol. The zero-order valence-corrected chi connectivity index (χ0v) is 9.21. The fourth-order valence-corrected chi connectivity index (χ4v) is 3.15. The molecule has 0 aromatic heterocycles. The fraction of sp³-hybridized carbons (Fsp3) is 0.909. The molecule has 0 aromatic rings. The Balaban J connectivity index is 2.14. The van der Waals surface area contributed by atoms with Crippen LogP contribution in [0.5, 0.6) is 0 Å². The average Bonchev–Trinajstić information content (AvgIpc) is 2.48. The van der Waals surface area contributed by atoms with Crippen molar-refractivity contribution in [2.75, 3.05) is 6.54 Å². The Bertz CT molecular complexity index is 247. The first kappa shape index (κ1) is 9.81. The molecule has 1 spiro atoms. The number of hydrogen-bond acceptors (Lipinski definition) is 3. The first-order chi connectivity index (χ1) is 6.64. The molecule has 3 heteroatoms. The molecule has 3 N–H and O–H groups in total. The van der Waals surface area contributed by atoms with Crippen molar-refractivity contribution in [3.05, 3.63) is 0 Å². The largest absolute Gasteiger partial charge is 0.370 e. The first-order valence-corrected chi connectivity index (χ1v) is 5.72. The number of guanidine groups is 1. The Morgan fingerprint density at radius 2 is 2.29 bits per heavy atom. The lowest BCUT2D eigenvalue weighted by molar-refractivity contribution is 0.137. The molecule has 2 unspecified atom stereocenters. The lowest BCUT2D eigenvalue weighted by atomic mass is 9.68. The minimum Gasteiger partial charge on any atom is -0.370 e. The molecule has 80 valence electrons. The van der Waals surface area contributed by atoms with E-state index in [2.05, 4.69) is 24.2 Å². The smallest absolute Gasteiger partial charge is 0.189 e. The van der Waals surface area contributed by atoms with Crippen LogP contribution in [-0.2, 0) is 0 Å².